The Morgan fingerprint density at radius 2 is 1.71 bits per heavy atom. The first-order chi connectivity index (χ1) is 16.4. The van der Waals surface area contributed by atoms with Crippen LogP contribution in [-0.2, 0) is 11.2 Å². The van der Waals surface area contributed by atoms with Crippen LogP contribution < -0.4 is 11.1 Å². The SMILES string of the molecule is NC(=O)C[C@@H](Cc1ccccc1)NC(=O)c1cccc(F)c1-c1cc(-c2ccc(F)cc2)[nH]n1. The van der Waals surface area contributed by atoms with Crippen molar-refractivity contribution in [1.29, 1.82) is 0 Å². The number of halogens is 2. The molecule has 3 aromatic carbocycles. The number of carbonyl (C=O) groups is 2. The molecule has 4 N–H and O–H groups in total. The van der Waals surface area contributed by atoms with E-state index in [4.69, 9.17) is 5.73 Å². The van der Waals surface area contributed by atoms with Gasteiger partial charge in [-0.1, -0.05) is 36.4 Å². The topological polar surface area (TPSA) is 101 Å². The summed E-state index contributed by atoms with van der Waals surface area (Å²) in [6, 6.07) is 20.3. The lowest BCUT2D eigenvalue weighted by Crippen LogP contribution is -2.39. The van der Waals surface area contributed by atoms with Gasteiger partial charge in [0.05, 0.1) is 22.5 Å². The van der Waals surface area contributed by atoms with Crippen molar-refractivity contribution in [1.82, 2.24) is 15.5 Å². The lowest BCUT2D eigenvalue weighted by molar-refractivity contribution is -0.118. The van der Waals surface area contributed by atoms with E-state index < -0.39 is 23.7 Å². The first-order valence-electron chi connectivity index (χ1n) is 10.6. The summed E-state index contributed by atoms with van der Waals surface area (Å²) in [5.41, 5.74) is 7.81. The minimum Gasteiger partial charge on any atom is -0.370 e. The van der Waals surface area contributed by atoms with Crippen molar-refractivity contribution < 1.29 is 18.4 Å². The molecule has 0 fully saturated rings. The summed E-state index contributed by atoms with van der Waals surface area (Å²) in [6.07, 6.45) is 0.319. The van der Waals surface area contributed by atoms with Gasteiger partial charge in [0.25, 0.3) is 5.91 Å². The van der Waals surface area contributed by atoms with E-state index in [0.29, 0.717) is 17.7 Å². The number of nitrogens with one attached hydrogen (secondary N) is 2. The van der Waals surface area contributed by atoms with Crippen LogP contribution in [0.2, 0.25) is 0 Å². The Labute approximate surface area is 194 Å². The molecule has 0 spiro atoms. The Balaban J connectivity index is 1.62. The smallest absolute Gasteiger partial charge is 0.252 e. The molecular formula is C26H22F2N4O2. The fraction of sp³-hybridized carbons (Fsp3) is 0.115. The van der Waals surface area contributed by atoms with E-state index in [1.54, 1.807) is 18.2 Å². The number of H-pyrrole nitrogens is 1. The molecule has 0 aliphatic rings. The molecule has 1 aromatic heterocycles. The second kappa shape index (κ2) is 10.1. The molecule has 1 heterocycles. The van der Waals surface area contributed by atoms with Crippen molar-refractivity contribution >= 4 is 11.8 Å². The van der Waals surface area contributed by atoms with Crippen molar-refractivity contribution in [3.8, 4) is 22.5 Å². The Hall–Kier alpha value is -4.33. The maximum absolute atomic E-state index is 14.9. The largest absolute Gasteiger partial charge is 0.370 e. The molecule has 172 valence electrons. The van der Waals surface area contributed by atoms with E-state index in [2.05, 4.69) is 15.5 Å². The fourth-order valence-corrected chi connectivity index (χ4v) is 3.78. The van der Waals surface area contributed by atoms with Crippen LogP contribution in [0.4, 0.5) is 8.78 Å². The van der Waals surface area contributed by atoms with Crippen LogP contribution >= 0.6 is 0 Å². The Kier molecular flexibility index (Phi) is 6.77. The highest BCUT2D eigenvalue weighted by atomic mass is 19.1. The van der Waals surface area contributed by atoms with Crippen LogP contribution in [0.15, 0.2) is 78.9 Å². The lowest BCUT2D eigenvalue weighted by Gasteiger charge is -2.18. The van der Waals surface area contributed by atoms with Crippen molar-refractivity contribution in [3.05, 3.63) is 102 Å². The summed E-state index contributed by atoms with van der Waals surface area (Å²) >= 11 is 0. The number of nitrogens with zero attached hydrogens (tertiary/aromatic N) is 1. The van der Waals surface area contributed by atoms with Crippen molar-refractivity contribution in [2.45, 2.75) is 18.9 Å². The molecule has 4 aromatic rings. The molecule has 0 radical (unpaired) electrons. The molecule has 2 amide bonds. The zero-order chi connectivity index (χ0) is 24.1. The average Bonchev–Trinajstić information content (AvgIpc) is 3.29. The van der Waals surface area contributed by atoms with Crippen molar-refractivity contribution in [3.63, 3.8) is 0 Å². The summed E-state index contributed by atoms with van der Waals surface area (Å²) in [4.78, 5) is 24.8. The van der Waals surface area contributed by atoms with Crippen LogP contribution in [0.5, 0.6) is 0 Å². The standard InChI is InChI=1S/C26H22F2N4O2/c27-18-11-9-17(10-12-18)22-15-23(32-31-22)25-20(7-4-8-21(25)28)26(34)30-19(14-24(29)33)13-16-5-2-1-3-6-16/h1-12,15,19H,13-14H2,(H2,29,33)(H,30,34)(H,31,32)/t19-/m1/s1. The van der Waals surface area contributed by atoms with E-state index in [-0.39, 0.29) is 29.1 Å². The fourth-order valence-electron chi connectivity index (χ4n) is 3.78. The summed E-state index contributed by atoms with van der Waals surface area (Å²) in [7, 11) is 0. The van der Waals surface area contributed by atoms with Crippen molar-refractivity contribution in [2.24, 2.45) is 5.73 Å². The minimum atomic E-state index is -0.626. The van der Waals surface area contributed by atoms with Gasteiger partial charge in [0.2, 0.25) is 5.91 Å². The van der Waals surface area contributed by atoms with Gasteiger partial charge in [-0.15, -0.1) is 0 Å². The highest BCUT2D eigenvalue weighted by Crippen LogP contribution is 2.29. The van der Waals surface area contributed by atoms with Crippen molar-refractivity contribution in [2.75, 3.05) is 0 Å². The van der Waals surface area contributed by atoms with Crippen LogP contribution in [-0.4, -0.2) is 28.1 Å². The molecule has 34 heavy (non-hydrogen) atoms. The third-order valence-corrected chi connectivity index (χ3v) is 5.36. The van der Waals surface area contributed by atoms with E-state index in [0.717, 1.165) is 5.56 Å². The number of aromatic nitrogens is 2. The van der Waals surface area contributed by atoms with Gasteiger partial charge in [0, 0.05) is 12.5 Å². The molecule has 4 rings (SSSR count). The van der Waals surface area contributed by atoms with Gasteiger partial charge in [-0.2, -0.15) is 5.10 Å². The van der Waals surface area contributed by atoms with Gasteiger partial charge in [-0.05, 0) is 60.0 Å². The summed E-state index contributed by atoms with van der Waals surface area (Å²) in [6.45, 7) is 0. The molecule has 0 saturated carbocycles. The summed E-state index contributed by atoms with van der Waals surface area (Å²) < 4.78 is 28.1. The number of amides is 2. The minimum absolute atomic E-state index is 0.0159. The molecule has 1 atom stereocenters. The summed E-state index contributed by atoms with van der Waals surface area (Å²) in [5, 5.41) is 9.78. The predicted octanol–water partition coefficient (Wildman–Crippen LogP) is 4.24. The van der Waals surface area contributed by atoms with Gasteiger partial charge in [0.1, 0.15) is 11.6 Å². The third kappa shape index (κ3) is 5.35. The number of hydrogen-bond acceptors (Lipinski definition) is 3. The highest BCUT2D eigenvalue weighted by Gasteiger charge is 2.22. The van der Waals surface area contributed by atoms with Gasteiger partial charge >= 0.3 is 0 Å². The average molecular weight is 460 g/mol. The quantitative estimate of drug-likeness (QED) is 0.367. The summed E-state index contributed by atoms with van der Waals surface area (Å²) in [5.74, 6) is -2.11. The highest BCUT2D eigenvalue weighted by molar-refractivity contribution is 6.01. The Morgan fingerprint density at radius 3 is 2.41 bits per heavy atom. The number of rotatable bonds is 8. The van der Waals surface area contributed by atoms with Crippen LogP contribution in [0, 0.1) is 11.6 Å². The number of benzene rings is 3. The van der Waals surface area contributed by atoms with E-state index in [1.165, 1.54) is 30.3 Å². The van der Waals surface area contributed by atoms with Gasteiger partial charge in [-0.3, -0.25) is 14.7 Å². The Morgan fingerprint density at radius 1 is 0.971 bits per heavy atom. The van der Waals surface area contributed by atoms with Gasteiger partial charge < -0.3 is 11.1 Å². The molecule has 8 heteroatoms. The molecule has 6 nitrogen and oxygen atoms in total. The van der Waals surface area contributed by atoms with Crippen LogP contribution in [0.3, 0.4) is 0 Å². The second-order valence-corrected chi connectivity index (χ2v) is 7.87. The second-order valence-electron chi connectivity index (χ2n) is 7.87. The van der Waals surface area contributed by atoms with E-state index >= 15 is 0 Å². The zero-order valence-corrected chi connectivity index (χ0v) is 18.1. The molecule has 0 aliphatic heterocycles. The van der Waals surface area contributed by atoms with E-state index in [1.807, 2.05) is 30.3 Å². The molecule has 0 bridgehead atoms. The first-order valence-corrected chi connectivity index (χ1v) is 10.6. The number of nitrogens with two attached hydrogens (primary N) is 1. The number of carbonyl (C=O) groups excluding carboxylic acids is 2. The number of aromatic amines is 1. The maximum atomic E-state index is 14.9. The monoisotopic (exact) mass is 460 g/mol. The van der Waals surface area contributed by atoms with Crippen LogP contribution in [0.1, 0.15) is 22.3 Å². The predicted molar refractivity (Wildman–Crippen MR) is 125 cm³/mol. The third-order valence-electron chi connectivity index (χ3n) is 5.36. The Bertz CT molecular complexity index is 1300. The van der Waals surface area contributed by atoms with E-state index in [9.17, 15) is 18.4 Å². The van der Waals surface area contributed by atoms with Gasteiger partial charge in [0.15, 0.2) is 0 Å². The number of hydrogen-bond donors (Lipinski definition) is 3. The van der Waals surface area contributed by atoms with Gasteiger partial charge in [-0.25, -0.2) is 8.78 Å². The lowest BCUT2D eigenvalue weighted by atomic mass is 9.99. The molecule has 0 saturated heterocycles. The number of primary amides is 1. The molecule has 0 aliphatic carbocycles. The first kappa shape index (κ1) is 22.8. The molecular weight excluding hydrogens is 438 g/mol. The maximum Gasteiger partial charge on any atom is 0.252 e. The molecule has 0 unspecified atom stereocenters. The normalized spacial score (nSPS) is 11.7. The zero-order valence-electron chi connectivity index (χ0n) is 18.1. The van der Waals surface area contributed by atoms with Crippen LogP contribution in [0.25, 0.3) is 22.5 Å².